The minimum atomic E-state index is 0.750. The van der Waals surface area contributed by atoms with Gasteiger partial charge in [0.1, 0.15) is 0 Å². The van der Waals surface area contributed by atoms with Crippen molar-refractivity contribution in [1.82, 2.24) is 9.88 Å². The Morgan fingerprint density at radius 2 is 1.50 bits per heavy atom. The zero-order valence-electron chi connectivity index (χ0n) is 13.8. The quantitative estimate of drug-likeness (QED) is 0.750. The van der Waals surface area contributed by atoms with Gasteiger partial charge < -0.3 is 4.90 Å². The van der Waals surface area contributed by atoms with Crippen LogP contribution in [-0.2, 0) is 0 Å². The van der Waals surface area contributed by atoms with Crippen molar-refractivity contribution in [2.45, 2.75) is 88.5 Å². The third kappa shape index (κ3) is 3.26. The summed E-state index contributed by atoms with van der Waals surface area (Å²) >= 11 is 1.95. The van der Waals surface area contributed by atoms with Crippen LogP contribution < -0.4 is 0 Å². The first-order valence-corrected chi connectivity index (χ1v) is 10.5. The van der Waals surface area contributed by atoms with Crippen molar-refractivity contribution >= 4 is 11.3 Å². The first kappa shape index (κ1) is 15.1. The van der Waals surface area contributed by atoms with Crippen LogP contribution in [0.2, 0.25) is 0 Å². The van der Waals surface area contributed by atoms with E-state index >= 15 is 0 Å². The van der Waals surface area contributed by atoms with Gasteiger partial charge in [-0.2, -0.15) is 0 Å². The van der Waals surface area contributed by atoms with Crippen molar-refractivity contribution in [2.24, 2.45) is 0 Å². The van der Waals surface area contributed by atoms with Gasteiger partial charge in [-0.05, 0) is 51.6 Å². The minimum absolute atomic E-state index is 0.750. The zero-order chi connectivity index (χ0) is 14.8. The Hall–Kier alpha value is -0.410. The number of hydrogen-bond acceptors (Lipinski definition) is 3. The van der Waals surface area contributed by atoms with Gasteiger partial charge in [0.25, 0.3) is 0 Å². The number of likely N-dealkylation sites (tertiary alicyclic amines) is 1. The smallest absolute Gasteiger partial charge is 0.0960 e. The van der Waals surface area contributed by atoms with Crippen LogP contribution in [0.1, 0.15) is 93.2 Å². The average molecular weight is 319 g/mol. The summed E-state index contributed by atoms with van der Waals surface area (Å²) in [6.45, 7) is 2.63. The molecular formula is C19H30N2S. The lowest BCUT2D eigenvalue weighted by Crippen LogP contribution is -2.39. The molecule has 3 heteroatoms. The predicted molar refractivity (Wildman–Crippen MR) is 93.7 cm³/mol. The van der Waals surface area contributed by atoms with Gasteiger partial charge >= 0.3 is 0 Å². The summed E-state index contributed by atoms with van der Waals surface area (Å²) in [5, 5.41) is 3.83. The summed E-state index contributed by atoms with van der Waals surface area (Å²) in [6.07, 6.45) is 15.5. The maximum Gasteiger partial charge on any atom is 0.0960 e. The van der Waals surface area contributed by atoms with Gasteiger partial charge in [-0.25, -0.2) is 4.98 Å². The number of thiazole rings is 1. The summed E-state index contributed by atoms with van der Waals surface area (Å²) in [6, 6.07) is 0.912. The first-order chi connectivity index (χ1) is 10.9. The highest BCUT2D eigenvalue weighted by atomic mass is 32.1. The van der Waals surface area contributed by atoms with E-state index in [-0.39, 0.29) is 0 Å². The van der Waals surface area contributed by atoms with Gasteiger partial charge in [-0.1, -0.05) is 32.1 Å². The summed E-state index contributed by atoms with van der Waals surface area (Å²) in [7, 11) is 0. The monoisotopic (exact) mass is 318 g/mol. The van der Waals surface area contributed by atoms with Crippen LogP contribution in [0, 0.1) is 0 Å². The maximum atomic E-state index is 5.08. The van der Waals surface area contributed by atoms with Crippen molar-refractivity contribution in [3.05, 3.63) is 16.1 Å². The number of nitrogens with zero attached hydrogens (tertiary/aromatic N) is 2. The van der Waals surface area contributed by atoms with E-state index in [1.807, 2.05) is 11.3 Å². The predicted octanol–water partition coefficient (Wildman–Crippen LogP) is 5.31. The summed E-state index contributed by atoms with van der Waals surface area (Å²) in [4.78, 5) is 7.86. The Balaban J connectivity index is 1.34. The lowest BCUT2D eigenvalue weighted by molar-refractivity contribution is 0.154. The van der Waals surface area contributed by atoms with Crippen molar-refractivity contribution in [1.29, 1.82) is 0 Å². The molecule has 1 saturated heterocycles. The zero-order valence-corrected chi connectivity index (χ0v) is 14.6. The number of rotatable bonds is 3. The molecule has 2 saturated carbocycles. The molecule has 0 amide bonds. The van der Waals surface area contributed by atoms with E-state index in [9.17, 15) is 0 Å². The van der Waals surface area contributed by atoms with Gasteiger partial charge in [0.2, 0.25) is 0 Å². The van der Waals surface area contributed by atoms with Crippen LogP contribution >= 0.6 is 11.3 Å². The number of piperidine rings is 1. The molecule has 2 heterocycles. The fourth-order valence-corrected chi connectivity index (χ4v) is 5.93. The molecule has 0 unspecified atom stereocenters. The molecular weight excluding hydrogens is 288 g/mol. The van der Waals surface area contributed by atoms with Crippen molar-refractivity contribution in [3.8, 4) is 0 Å². The van der Waals surface area contributed by atoms with Gasteiger partial charge in [-0.3, -0.25) is 0 Å². The molecule has 1 aliphatic heterocycles. The highest BCUT2D eigenvalue weighted by molar-refractivity contribution is 7.09. The SMILES string of the molecule is c1sc(C2CCN(C3CCCC3)CC2)nc1C1CCCCC1. The van der Waals surface area contributed by atoms with Crippen molar-refractivity contribution in [2.75, 3.05) is 13.1 Å². The molecule has 2 nitrogen and oxygen atoms in total. The third-order valence-corrected chi connectivity index (χ3v) is 7.31. The summed E-state index contributed by atoms with van der Waals surface area (Å²) in [5.74, 6) is 1.53. The van der Waals surface area contributed by atoms with Crippen LogP contribution in [-0.4, -0.2) is 29.0 Å². The van der Waals surface area contributed by atoms with E-state index in [4.69, 9.17) is 4.98 Å². The van der Waals surface area contributed by atoms with E-state index in [0.29, 0.717) is 0 Å². The summed E-state index contributed by atoms with van der Waals surface area (Å²) in [5.41, 5.74) is 1.43. The molecule has 122 valence electrons. The fraction of sp³-hybridized carbons (Fsp3) is 0.842. The van der Waals surface area contributed by atoms with Crippen molar-refractivity contribution in [3.63, 3.8) is 0 Å². The molecule has 1 aromatic heterocycles. The average Bonchev–Trinajstić information content (AvgIpc) is 3.28. The second kappa shape index (κ2) is 7.00. The Morgan fingerprint density at radius 3 is 2.23 bits per heavy atom. The van der Waals surface area contributed by atoms with Crippen molar-refractivity contribution < 1.29 is 0 Å². The van der Waals surface area contributed by atoms with Gasteiger partial charge in [0.15, 0.2) is 0 Å². The molecule has 3 aliphatic rings. The molecule has 0 bridgehead atoms. The fourth-order valence-electron chi connectivity index (χ4n) is 4.86. The summed E-state index contributed by atoms with van der Waals surface area (Å²) < 4.78 is 0. The highest BCUT2D eigenvalue weighted by Crippen LogP contribution is 2.37. The second-order valence-corrected chi connectivity index (χ2v) is 8.58. The molecule has 0 atom stereocenters. The normalized spacial score (nSPS) is 26.7. The van der Waals surface area contributed by atoms with Crippen LogP contribution in [0.3, 0.4) is 0 Å². The lowest BCUT2D eigenvalue weighted by atomic mass is 9.87. The highest BCUT2D eigenvalue weighted by Gasteiger charge is 2.29. The minimum Gasteiger partial charge on any atom is -0.300 e. The topological polar surface area (TPSA) is 16.1 Å². The number of aromatic nitrogens is 1. The Labute approximate surface area is 139 Å². The lowest BCUT2D eigenvalue weighted by Gasteiger charge is -2.35. The number of hydrogen-bond donors (Lipinski definition) is 0. The molecule has 22 heavy (non-hydrogen) atoms. The van der Waals surface area contributed by atoms with E-state index in [2.05, 4.69) is 10.3 Å². The van der Waals surface area contributed by atoms with Gasteiger partial charge in [-0.15, -0.1) is 11.3 Å². The molecule has 0 N–H and O–H groups in total. The maximum absolute atomic E-state index is 5.08. The van der Waals surface area contributed by atoms with E-state index in [0.717, 1.165) is 17.9 Å². The van der Waals surface area contributed by atoms with Crippen LogP contribution in [0.25, 0.3) is 0 Å². The Kier molecular flexibility index (Phi) is 4.82. The van der Waals surface area contributed by atoms with Crippen LogP contribution in [0.5, 0.6) is 0 Å². The molecule has 1 aromatic rings. The molecule has 2 aliphatic carbocycles. The van der Waals surface area contributed by atoms with Crippen LogP contribution in [0.15, 0.2) is 5.38 Å². The van der Waals surface area contributed by atoms with Crippen LogP contribution in [0.4, 0.5) is 0 Å². The largest absolute Gasteiger partial charge is 0.300 e. The third-order valence-electron chi connectivity index (χ3n) is 6.28. The van der Waals surface area contributed by atoms with E-state index in [1.54, 1.807) is 0 Å². The van der Waals surface area contributed by atoms with Gasteiger partial charge in [0.05, 0.1) is 10.7 Å². The second-order valence-electron chi connectivity index (χ2n) is 7.69. The Morgan fingerprint density at radius 1 is 0.818 bits per heavy atom. The standard InChI is InChI=1S/C19H30N2S/c1-2-6-15(7-3-1)18-14-22-19(20-18)16-10-12-21(13-11-16)17-8-4-5-9-17/h14-17H,1-13H2. The molecule has 0 aromatic carbocycles. The Bertz CT molecular complexity index is 464. The molecule has 4 rings (SSSR count). The molecule has 0 radical (unpaired) electrons. The molecule has 0 spiro atoms. The van der Waals surface area contributed by atoms with E-state index in [1.165, 1.54) is 94.4 Å². The van der Waals surface area contributed by atoms with E-state index < -0.39 is 0 Å². The van der Waals surface area contributed by atoms with Gasteiger partial charge in [0, 0.05) is 23.3 Å². The molecule has 3 fully saturated rings. The first-order valence-electron chi connectivity index (χ1n) is 9.59.